The number of rotatable bonds is 6. The zero-order valence-electron chi connectivity index (χ0n) is 15.9. The van der Waals surface area contributed by atoms with E-state index in [-0.39, 0.29) is 0 Å². The minimum absolute atomic E-state index is 0.517. The van der Waals surface area contributed by atoms with Gasteiger partial charge in [0.25, 0.3) is 0 Å². The first-order valence-corrected chi connectivity index (χ1v) is 10.4. The molecule has 0 spiro atoms. The molecule has 4 heterocycles. The highest BCUT2D eigenvalue weighted by molar-refractivity contribution is 6.30. The molecular formula is C22H27ClN4. The standard InChI is InChI=1S/C22H27ClN4/c1-2-3-4-12-26-13-6-7-17(15-26)19-8-5-9-20(25-19)21-14-24-22-11-10-18(23)16-27(21)22/h5,8-11,14,16-17H,2-4,6-7,12-13,15H2,1H3/t17-/m0/s1. The van der Waals surface area contributed by atoms with Crippen LogP contribution < -0.4 is 0 Å². The molecule has 0 N–H and O–H groups in total. The fraction of sp³-hybridized carbons (Fsp3) is 0.455. The summed E-state index contributed by atoms with van der Waals surface area (Å²) in [5.74, 6) is 0.517. The Balaban J connectivity index is 1.56. The van der Waals surface area contributed by atoms with Crippen LogP contribution in [0, 0.1) is 0 Å². The molecule has 3 aromatic rings. The summed E-state index contributed by atoms with van der Waals surface area (Å²) in [4.78, 5) is 12.1. The lowest BCUT2D eigenvalue weighted by molar-refractivity contribution is 0.202. The van der Waals surface area contributed by atoms with Crippen LogP contribution in [0.15, 0.2) is 42.7 Å². The van der Waals surface area contributed by atoms with Crippen molar-refractivity contribution in [1.29, 1.82) is 0 Å². The van der Waals surface area contributed by atoms with Gasteiger partial charge in [-0.15, -0.1) is 0 Å². The Bertz CT molecular complexity index is 904. The summed E-state index contributed by atoms with van der Waals surface area (Å²) >= 11 is 6.18. The minimum Gasteiger partial charge on any atom is -0.303 e. The summed E-state index contributed by atoms with van der Waals surface area (Å²) < 4.78 is 2.02. The number of unbranched alkanes of at least 4 members (excludes halogenated alkanes) is 2. The van der Waals surface area contributed by atoms with Gasteiger partial charge < -0.3 is 4.90 Å². The summed E-state index contributed by atoms with van der Waals surface area (Å²) in [5, 5.41) is 0.702. The fourth-order valence-electron chi connectivity index (χ4n) is 4.05. The van der Waals surface area contributed by atoms with E-state index in [0.717, 1.165) is 23.6 Å². The number of piperidine rings is 1. The van der Waals surface area contributed by atoms with Gasteiger partial charge >= 0.3 is 0 Å². The Kier molecular flexibility index (Phi) is 5.74. The predicted octanol–water partition coefficient (Wildman–Crippen LogP) is 5.42. The van der Waals surface area contributed by atoms with Crippen LogP contribution in [0.1, 0.15) is 50.6 Å². The van der Waals surface area contributed by atoms with Gasteiger partial charge in [-0.2, -0.15) is 0 Å². The molecule has 0 unspecified atom stereocenters. The summed E-state index contributed by atoms with van der Waals surface area (Å²) in [5.41, 5.74) is 4.04. The fourth-order valence-corrected chi connectivity index (χ4v) is 4.21. The van der Waals surface area contributed by atoms with E-state index in [9.17, 15) is 0 Å². The first-order valence-electron chi connectivity index (χ1n) is 10.1. The van der Waals surface area contributed by atoms with E-state index >= 15 is 0 Å². The Hall–Kier alpha value is -1.91. The largest absolute Gasteiger partial charge is 0.303 e. The summed E-state index contributed by atoms with van der Waals surface area (Å²) in [7, 11) is 0. The number of fused-ring (bicyclic) bond motifs is 1. The summed E-state index contributed by atoms with van der Waals surface area (Å²) in [6.45, 7) is 5.84. The van der Waals surface area contributed by atoms with Crippen molar-refractivity contribution >= 4 is 17.2 Å². The molecule has 3 aromatic heterocycles. The topological polar surface area (TPSA) is 33.4 Å². The molecule has 0 bridgehead atoms. The second kappa shape index (κ2) is 8.41. The molecule has 1 aliphatic heterocycles. The smallest absolute Gasteiger partial charge is 0.137 e. The predicted molar refractivity (Wildman–Crippen MR) is 111 cm³/mol. The lowest BCUT2D eigenvalue weighted by Crippen LogP contribution is -2.35. The third-order valence-corrected chi connectivity index (χ3v) is 5.73. The van der Waals surface area contributed by atoms with E-state index in [4.69, 9.17) is 16.6 Å². The van der Waals surface area contributed by atoms with Gasteiger partial charge in [-0.25, -0.2) is 4.98 Å². The molecule has 4 nitrogen and oxygen atoms in total. The van der Waals surface area contributed by atoms with Crippen molar-refractivity contribution in [2.24, 2.45) is 0 Å². The Labute approximate surface area is 166 Å². The summed E-state index contributed by atoms with van der Waals surface area (Å²) in [6.07, 6.45) is 10.2. The van der Waals surface area contributed by atoms with Crippen LogP contribution in [0.25, 0.3) is 17.0 Å². The highest BCUT2D eigenvalue weighted by Crippen LogP contribution is 2.28. The van der Waals surface area contributed by atoms with Crippen molar-refractivity contribution in [3.05, 3.63) is 53.4 Å². The zero-order chi connectivity index (χ0) is 18.6. The first-order chi connectivity index (χ1) is 13.2. The molecule has 1 saturated heterocycles. The SMILES string of the molecule is CCCCCN1CCC[C@H](c2cccc(-c3cnc4ccc(Cl)cn34)n2)C1. The van der Waals surface area contributed by atoms with Crippen molar-refractivity contribution in [1.82, 2.24) is 19.3 Å². The van der Waals surface area contributed by atoms with E-state index in [0.29, 0.717) is 10.9 Å². The number of nitrogens with zero attached hydrogens (tertiary/aromatic N) is 4. The molecule has 5 heteroatoms. The number of imidazole rings is 1. The zero-order valence-corrected chi connectivity index (χ0v) is 16.7. The molecule has 0 saturated carbocycles. The molecule has 0 radical (unpaired) electrons. The summed E-state index contributed by atoms with van der Waals surface area (Å²) in [6, 6.07) is 10.2. The number of halogens is 1. The van der Waals surface area contributed by atoms with E-state index in [1.165, 1.54) is 50.9 Å². The van der Waals surface area contributed by atoms with E-state index < -0.39 is 0 Å². The normalized spacial score (nSPS) is 18.2. The van der Waals surface area contributed by atoms with Crippen molar-refractivity contribution in [3.8, 4) is 11.4 Å². The number of hydrogen-bond donors (Lipinski definition) is 0. The van der Waals surface area contributed by atoms with Gasteiger partial charge in [0.15, 0.2) is 0 Å². The van der Waals surface area contributed by atoms with Gasteiger partial charge in [-0.05, 0) is 56.6 Å². The number of pyridine rings is 2. The van der Waals surface area contributed by atoms with Gasteiger partial charge in [0.1, 0.15) is 5.65 Å². The van der Waals surface area contributed by atoms with Gasteiger partial charge in [0, 0.05) is 24.4 Å². The van der Waals surface area contributed by atoms with Crippen LogP contribution in [0.5, 0.6) is 0 Å². The average Bonchev–Trinajstić information content (AvgIpc) is 3.12. The maximum atomic E-state index is 6.18. The highest BCUT2D eigenvalue weighted by Gasteiger charge is 2.22. The molecule has 1 atom stereocenters. The van der Waals surface area contributed by atoms with E-state index in [1.807, 2.05) is 28.9 Å². The lowest BCUT2D eigenvalue weighted by atomic mass is 9.94. The van der Waals surface area contributed by atoms with Crippen LogP contribution in [0.3, 0.4) is 0 Å². The van der Waals surface area contributed by atoms with Gasteiger partial charge in [-0.1, -0.05) is 37.4 Å². The molecule has 142 valence electrons. The van der Waals surface area contributed by atoms with Crippen molar-refractivity contribution < 1.29 is 0 Å². The van der Waals surface area contributed by atoms with E-state index in [2.05, 4.69) is 35.0 Å². The Morgan fingerprint density at radius 1 is 1.19 bits per heavy atom. The van der Waals surface area contributed by atoms with Crippen molar-refractivity contribution in [2.45, 2.75) is 44.9 Å². The molecule has 1 fully saturated rings. The second-order valence-electron chi connectivity index (χ2n) is 7.51. The first kappa shape index (κ1) is 18.5. The van der Waals surface area contributed by atoms with E-state index in [1.54, 1.807) is 0 Å². The lowest BCUT2D eigenvalue weighted by Gasteiger charge is -2.32. The molecular weight excluding hydrogens is 356 g/mol. The van der Waals surface area contributed by atoms with Gasteiger partial charge in [0.2, 0.25) is 0 Å². The van der Waals surface area contributed by atoms with Crippen LogP contribution in [-0.2, 0) is 0 Å². The van der Waals surface area contributed by atoms with Gasteiger partial charge in [-0.3, -0.25) is 9.38 Å². The molecule has 0 amide bonds. The van der Waals surface area contributed by atoms with Crippen molar-refractivity contribution in [2.75, 3.05) is 19.6 Å². The molecule has 27 heavy (non-hydrogen) atoms. The van der Waals surface area contributed by atoms with Crippen molar-refractivity contribution in [3.63, 3.8) is 0 Å². The second-order valence-corrected chi connectivity index (χ2v) is 7.95. The average molecular weight is 383 g/mol. The van der Waals surface area contributed by atoms with Crippen LogP contribution in [0.2, 0.25) is 5.02 Å². The Morgan fingerprint density at radius 2 is 2.11 bits per heavy atom. The van der Waals surface area contributed by atoms with Crippen LogP contribution in [-0.4, -0.2) is 38.9 Å². The number of hydrogen-bond acceptors (Lipinski definition) is 3. The third kappa shape index (κ3) is 4.17. The number of likely N-dealkylation sites (tertiary alicyclic amines) is 1. The Morgan fingerprint density at radius 3 is 3.00 bits per heavy atom. The highest BCUT2D eigenvalue weighted by atomic mass is 35.5. The van der Waals surface area contributed by atoms with Crippen LogP contribution in [0.4, 0.5) is 0 Å². The van der Waals surface area contributed by atoms with Gasteiger partial charge in [0.05, 0.1) is 22.6 Å². The molecule has 0 aliphatic carbocycles. The quantitative estimate of drug-likeness (QED) is 0.534. The third-order valence-electron chi connectivity index (χ3n) is 5.50. The molecule has 1 aliphatic rings. The minimum atomic E-state index is 0.517. The number of aromatic nitrogens is 3. The van der Waals surface area contributed by atoms with Crippen LogP contribution >= 0.6 is 11.6 Å². The molecule has 4 rings (SSSR count). The maximum Gasteiger partial charge on any atom is 0.137 e. The maximum absolute atomic E-state index is 6.18. The molecule has 0 aromatic carbocycles. The monoisotopic (exact) mass is 382 g/mol.